The van der Waals surface area contributed by atoms with Crippen LogP contribution in [0.15, 0.2) is 41.2 Å². The summed E-state index contributed by atoms with van der Waals surface area (Å²) in [6, 6.07) is 10.8. The molecule has 2 rings (SSSR count). The van der Waals surface area contributed by atoms with E-state index in [0.29, 0.717) is 5.02 Å². The fraction of sp³-hybridized carbons (Fsp3) is 0.154. The third-order valence-corrected chi connectivity index (χ3v) is 2.70. The van der Waals surface area contributed by atoms with Gasteiger partial charge in [0.1, 0.15) is 0 Å². The summed E-state index contributed by atoms with van der Waals surface area (Å²) < 4.78 is 1.67. The largest absolute Gasteiger partial charge is 0.282 e. The van der Waals surface area contributed by atoms with Crippen molar-refractivity contribution in [2.45, 2.75) is 13.8 Å². The predicted octanol–water partition coefficient (Wildman–Crippen LogP) is 3.11. The molecule has 0 N–H and O–H groups in total. The summed E-state index contributed by atoms with van der Waals surface area (Å²) in [5, 5.41) is 0.668. The Hall–Kier alpha value is -1.54. The van der Waals surface area contributed by atoms with E-state index in [1.165, 1.54) is 0 Å². The molecule has 0 aliphatic carbocycles. The van der Waals surface area contributed by atoms with E-state index < -0.39 is 0 Å². The van der Waals surface area contributed by atoms with Crippen molar-refractivity contribution in [3.05, 3.63) is 63.0 Å². The van der Waals surface area contributed by atoms with Crippen LogP contribution in [0.3, 0.4) is 0 Å². The van der Waals surface area contributed by atoms with Crippen LogP contribution >= 0.6 is 11.6 Å². The van der Waals surface area contributed by atoms with Crippen molar-refractivity contribution in [3.8, 4) is 5.69 Å². The van der Waals surface area contributed by atoms with Gasteiger partial charge in [0.05, 0.1) is 0 Å². The van der Waals surface area contributed by atoms with Gasteiger partial charge in [0.25, 0.3) is 5.56 Å². The lowest BCUT2D eigenvalue weighted by Crippen LogP contribution is -2.19. The second-order valence-corrected chi connectivity index (χ2v) is 4.26. The zero-order valence-electron chi connectivity index (χ0n) is 9.20. The lowest BCUT2D eigenvalue weighted by atomic mass is 10.2. The van der Waals surface area contributed by atoms with Gasteiger partial charge >= 0.3 is 0 Å². The molecular formula is C13H12ClNO. The Morgan fingerprint density at radius 2 is 1.69 bits per heavy atom. The van der Waals surface area contributed by atoms with Gasteiger partial charge in [-0.05, 0) is 49.7 Å². The maximum Gasteiger partial charge on any atom is 0.255 e. The average Bonchev–Trinajstić information content (AvgIpc) is 2.19. The number of hydrogen-bond acceptors (Lipinski definition) is 1. The Balaban J connectivity index is 2.65. The highest BCUT2D eigenvalue weighted by Gasteiger charge is 2.03. The zero-order chi connectivity index (χ0) is 11.7. The third-order valence-electron chi connectivity index (χ3n) is 2.45. The zero-order valence-corrected chi connectivity index (χ0v) is 9.95. The Morgan fingerprint density at radius 3 is 2.25 bits per heavy atom. The van der Waals surface area contributed by atoms with Crippen molar-refractivity contribution >= 4 is 11.6 Å². The van der Waals surface area contributed by atoms with E-state index in [1.54, 1.807) is 22.8 Å². The first-order chi connectivity index (χ1) is 7.58. The molecule has 0 unspecified atom stereocenters. The summed E-state index contributed by atoms with van der Waals surface area (Å²) in [7, 11) is 0. The molecule has 0 fully saturated rings. The number of halogens is 1. The van der Waals surface area contributed by atoms with Gasteiger partial charge in [-0.1, -0.05) is 11.6 Å². The number of hydrogen-bond donors (Lipinski definition) is 0. The standard InChI is InChI=1S/C13H12ClNO/c1-9-7-10(2)15(13(16)8-9)12-5-3-11(14)4-6-12/h3-8H,1-2H3. The van der Waals surface area contributed by atoms with Crippen LogP contribution in [0.2, 0.25) is 5.02 Å². The van der Waals surface area contributed by atoms with Gasteiger partial charge in [-0.2, -0.15) is 0 Å². The lowest BCUT2D eigenvalue weighted by Gasteiger charge is -2.10. The minimum Gasteiger partial charge on any atom is -0.282 e. The summed E-state index contributed by atoms with van der Waals surface area (Å²) in [4.78, 5) is 11.9. The number of benzene rings is 1. The van der Waals surface area contributed by atoms with Gasteiger partial charge in [-0.25, -0.2) is 0 Å². The molecule has 1 aromatic heterocycles. The first-order valence-electron chi connectivity index (χ1n) is 5.04. The minimum atomic E-state index is -0.0141. The number of nitrogens with zero attached hydrogens (tertiary/aromatic N) is 1. The van der Waals surface area contributed by atoms with Crippen LogP contribution in [0.25, 0.3) is 5.69 Å². The molecule has 0 aliphatic rings. The van der Waals surface area contributed by atoms with Crippen molar-refractivity contribution < 1.29 is 0 Å². The molecule has 2 aromatic rings. The maximum absolute atomic E-state index is 11.9. The van der Waals surface area contributed by atoms with E-state index in [0.717, 1.165) is 16.9 Å². The van der Waals surface area contributed by atoms with Crippen LogP contribution in [0.4, 0.5) is 0 Å². The van der Waals surface area contributed by atoms with Crippen LogP contribution in [0.5, 0.6) is 0 Å². The number of aromatic nitrogens is 1. The van der Waals surface area contributed by atoms with Gasteiger partial charge in [-0.3, -0.25) is 9.36 Å². The number of rotatable bonds is 1. The molecule has 0 aliphatic heterocycles. The fourth-order valence-electron chi connectivity index (χ4n) is 1.79. The number of aryl methyl sites for hydroxylation is 2. The molecule has 3 heteroatoms. The van der Waals surface area contributed by atoms with Crippen molar-refractivity contribution in [1.29, 1.82) is 0 Å². The van der Waals surface area contributed by atoms with Crippen molar-refractivity contribution in [3.63, 3.8) is 0 Å². The monoisotopic (exact) mass is 233 g/mol. The third kappa shape index (κ3) is 2.02. The fourth-order valence-corrected chi connectivity index (χ4v) is 1.92. The highest BCUT2D eigenvalue weighted by Crippen LogP contribution is 2.13. The first-order valence-corrected chi connectivity index (χ1v) is 5.42. The molecule has 0 saturated carbocycles. The van der Waals surface area contributed by atoms with Crippen molar-refractivity contribution in [2.24, 2.45) is 0 Å². The van der Waals surface area contributed by atoms with Crippen LogP contribution in [-0.2, 0) is 0 Å². The Labute approximate surface area is 99.1 Å². The second-order valence-electron chi connectivity index (χ2n) is 3.82. The molecule has 0 amide bonds. The molecule has 0 atom stereocenters. The predicted molar refractivity (Wildman–Crippen MR) is 66.5 cm³/mol. The average molecular weight is 234 g/mol. The van der Waals surface area contributed by atoms with Crippen LogP contribution in [0.1, 0.15) is 11.3 Å². The summed E-state index contributed by atoms with van der Waals surface area (Å²) in [6.45, 7) is 3.84. The Morgan fingerprint density at radius 1 is 1.06 bits per heavy atom. The molecule has 0 spiro atoms. The molecule has 0 bridgehead atoms. The number of pyridine rings is 1. The molecule has 82 valence electrons. The van der Waals surface area contributed by atoms with Crippen LogP contribution < -0.4 is 5.56 Å². The van der Waals surface area contributed by atoms with E-state index in [2.05, 4.69) is 0 Å². The quantitative estimate of drug-likeness (QED) is 0.742. The second kappa shape index (κ2) is 4.14. The highest BCUT2D eigenvalue weighted by atomic mass is 35.5. The first kappa shape index (κ1) is 11.0. The Kier molecular flexibility index (Phi) is 2.84. The highest BCUT2D eigenvalue weighted by molar-refractivity contribution is 6.30. The van der Waals surface area contributed by atoms with E-state index >= 15 is 0 Å². The van der Waals surface area contributed by atoms with Crippen molar-refractivity contribution in [2.75, 3.05) is 0 Å². The molecular weight excluding hydrogens is 222 g/mol. The molecule has 0 radical (unpaired) electrons. The van der Waals surface area contributed by atoms with Crippen LogP contribution in [-0.4, -0.2) is 4.57 Å². The van der Waals surface area contributed by atoms with Crippen LogP contribution in [0, 0.1) is 13.8 Å². The van der Waals surface area contributed by atoms with Gasteiger partial charge in [0.15, 0.2) is 0 Å². The summed E-state index contributed by atoms with van der Waals surface area (Å²) in [6.07, 6.45) is 0. The van der Waals surface area contributed by atoms with E-state index in [-0.39, 0.29) is 5.56 Å². The van der Waals surface area contributed by atoms with Gasteiger partial charge in [0, 0.05) is 22.5 Å². The molecule has 2 nitrogen and oxygen atoms in total. The summed E-state index contributed by atoms with van der Waals surface area (Å²) in [5.41, 5.74) is 2.73. The summed E-state index contributed by atoms with van der Waals surface area (Å²) in [5.74, 6) is 0. The van der Waals surface area contributed by atoms with Crippen molar-refractivity contribution in [1.82, 2.24) is 4.57 Å². The van der Waals surface area contributed by atoms with Gasteiger partial charge in [0.2, 0.25) is 0 Å². The van der Waals surface area contributed by atoms with E-state index in [4.69, 9.17) is 11.6 Å². The topological polar surface area (TPSA) is 22.0 Å². The Bertz CT molecular complexity index is 569. The molecule has 1 heterocycles. The SMILES string of the molecule is Cc1cc(C)n(-c2ccc(Cl)cc2)c(=O)c1. The lowest BCUT2D eigenvalue weighted by molar-refractivity contribution is 0.927. The van der Waals surface area contributed by atoms with Gasteiger partial charge in [-0.15, -0.1) is 0 Å². The molecule has 0 saturated heterocycles. The summed E-state index contributed by atoms with van der Waals surface area (Å²) >= 11 is 5.82. The normalized spacial score (nSPS) is 10.4. The smallest absolute Gasteiger partial charge is 0.255 e. The van der Waals surface area contributed by atoms with E-state index in [1.807, 2.05) is 32.0 Å². The minimum absolute atomic E-state index is 0.0141. The van der Waals surface area contributed by atoms with E-state index in [9.17, 15) is 4.79 Å². The molecule has 1 aromatic carbocycles. The van der Waals surface area contributed by atoms with Gasteiger partial charge < -0.3 is 0 Å². The molecule has 16 heavy (non-hydrogen) atoms. The maximum atomic E-state index is 11.9.